The molecule has 0 unspecified atom stereocenters. The number of aryl methyl sites for hydroxylation is 2. The number of aromatic nitrogens is 3. The van der Waals surface area contributed by atoms with Gasteiger partial charge < -0.3 is 14.2 Å². The van der Waals surface area contributed by atoms with Gasteiger partial charge in [0.2, 0.25) is 0 Å². The number of anilines is 1. The minimum Gasteiger partial charge on any atom is -0.448 e. The molecule has 0 aromatic carbocycles. The molecule has 1 aliphatic heterocycles. The number of rotatable bonds is 4. The molecule has 2 aromatic heterocycles. The third-order valence-electron chi connectivity index (χ3n) is 4.98. The van der Waals surface area contributed by atoms with Crippen molar-refractivity contribution in [1.29, 1.82) is 0 Å². The molecule has 1 aliphatic carbocycles. The largest absolute Gasteiger partial charge is 0.448 e. The van der Waals surface area contributed by atoms with E-state index in [-0.39, 0.29) is 5.91 Å². The van der Waals surface area contributed by atoms with Gasteiger partial charge in [0, 0.05) is 43.9 Å². The van der Waals surface area contributed by atoms with Crippen LogP contribution in [-0.4, -0.2) is 50.9 Å². The first-order valence-electron chi connectivity index (χ1n) is 8.90. The molecule has 2 aromatic rings. The standard InChI is InChI=1S/C18H23N5O2/c1-12-9-17(20-11-19-12)23(14-3-4-14)15-5-7-22(8-6-15)18(24)16-10-25-13(2)21-16/h9-11,14-15H,3-8H2,1-2H3. The number of carbonyl (C=O) groups is 1. The van der Waals surface area contributed by atoms with Crippen LogP contribution >= 0.6 is 0 Å². The molecular formula is C18H23N5O2. The minimum absolute atomic E-state index is 0.0360. The summed E-state index contributed by atoms with van der Waals surface area (Å²) in [6.45, 7) is 5.23. The van der Waals surface area contributed by atoms with Crippen LogP contribution in [0.4, 0.5) is 5.82 Å². The van der Waals surface area contributed by atoms with Crippen LogP contribution in [0.1, 0.15) is 47.8 Å². The molecule has 3 heterocycles. The summed E-state index contributed by atoms with van der Waals surface area (Å²) in [5.74, 6) is 1.51. The maximum Gasteiger partial charge on any atom is 0.275 e. The number of oxazole rings is 1. The van der Waals surface area contributed by atoms with E-state index < -0.39 is 0 Å². The van der Waals surface area contributed by atoms with E-state index in [4.69, 9.17) is 4.42 Å². The van der Waals surface area contributed by atoms with E-state index in [1.54, 1.807) is 13.3 Å². The van der Waals surface area contributed by atoms with Crippen molar-refractivity contribution in [2.24, 2.45) is 0 Å². The van der Waals surface area contributed by atoms with Crippen molar-refractivity contribution >= 4 is 11.7 Å². The number of amides is 1. The predicted octanol–water partition coefficient (Wildman–Crippen LogP) is 2.36. The molecule has 4 rings (SSSR count). The van der Waals surface area contributed by atoms with Gasteiger partial charge in [-0.3, -0.25) is 4.79 Å². The highest BCUT2D eigenvalue weighted by Gasteiger charge is 2.37. The predicted molar refractivity (Wildman–Crippen MR) is 92.4 cm³/mol. The molecule has 2 fully saturated rings. The Morgan fingerprint density at radius 2 is 1.88 bits per heavy atom. The summed E-state index contributed by atoms with van der Waals surface area (Å²) >= 11 is 0. The normalized spacial score (nSPS) is 18.4. The van der Waals surface area contributed by atoms with E-state index in [0.717, 1.165) is 37.4 Å². The van der Waals surface area contributed by atoms with Crippen molar-refractivity contribution < 1.29 is 9.21 Å². The van der Waals surface area contributed by atoms with Gasteiger partial charge in [-0.1, -0.05) is 0 Å². The van der Waals surface area contributed by atoms with Gasteiger partial charge in [-0.15, -0.1) is 0 Å². The van der Waals surface area contributed by atoms with Crippen molar-refractivity contribution in [2.45, 2.75) is 51.6 Å². The zero-order chi connectivity index (χ0) is 17.4. The lowest BCUT2D eigenvalue weighted by molar-refractivity contribution is 0.0706. The lowest BCUT2D eigenvalue weighted by Crippen LogP contribution is -2.48. The second-order valence-electron chi connectivity index (χ2n) is 6.93. The summed E-state index contributed by atoms with van der Waals surface area (Å²) in [4.78, 5) is 29.7. The molecule has 0 spiro atoms. The Bertz CT molecular complexity index is 762. The van der Waals surface area contributed by atoms with Crippen LogP contribution in [-0.2, 0) is 0 Å². The summed E-state index contributed by atoms with van der Waals surface area (Å²) in [6, 6.07) is 3.07. The fourth-order valence-electron chi connectivity index (χ4n) is 3.58. The smallest absolute Gasteiger partial charge is 0.275 e. The van der Waals surface area contributed by atoms with Crippen LogP contribution in [0.15, 0.2) is 23.1 Å². The highest BCUT2D eigenvalue weighted by molar-refractivity contribution is 5.92. The first-order chi connectivity index (χ1) is 12.1. The van der Waals surface area contributed by atoms with E-state index in [9.17, 15) is 4.79 Å². The summed E-state index contributed by atoms with van der Waals surface area (Å²) in [5.41, 5.74) is 1.39. The van der Waals surface area contributed by atoms with Crippen LogP contribution in [0.3, 0.4) is 0 Å². The van der Waals surface area contributed by atoms with E-state index in [0.29, 0.717) is 23.7 Å². The quantitative estimate of drug-likeness (QED) is 0.850. The first kappa shape index (κ1) is 16.1. The summed E-state index contributed by atoms with van der Waals surface area (Å²) < 4.78 is 5.16. The molecule has 0 radical (unpaired) electrons. The minimum atomic E-state index is -0.0360. The van der Waals surface area contributed by atoms with E-state index in [1.807, 2.05) is 11.8 Å². The fourth-order valence-corrected chi connectivity index (χ4v) is 3.58. The Balaban J connectivity index is 1.44. The van der Waals surface area contributed by atoms with Gasteiger partial charge in [-0.25, -0.2) is 15.0 Å². The van der Waals surface area contributed by atoms with Crippen LogP contribution in [0, 0.1) is 13.8 Å². The van der Waals surface area contributed by atoms with E-state index in [1.165, 1.54) is 19.1 Å². The average Bonchev–Trinajstić information content (AvgIpc) is 3.35. The van der Waals surface area contributed by atoms with Gasteiger partial charge in [0.1, 0.15) is 18.4 Å². The zero-order valence-electron chi connectivity index (χ0n) is 14.7. The number of likely N-dealkylation sites (tertiary alicyclic amines) is 1. The lowest BCUT2D eigenvalue weighted by Gasteiger charge is -2.39. The van der Waals surface area contributed by atoms with Gasteiger partial charge in [0.25, 0.3) is 5.91 Å². The molecule has 0 bridgehead atoms. The van der Waals surface area contributed by atoms with Crippen molar-refractivity contribution in [3.05, 3.63) is 35.9 Å². The first-order valence-corrected chi connectivity index (χ1v) is 8.90. The topological polar surface area (TPSA) is 75.4 Å². The fraction of sp³-hybridized carbons (Fsp3) is 0.556. The molecule has 1 saturated carbocycles. The number of nitrogens with zero attached hydrogens (tertiary/aromatic N) is 5. The summed E-state index contributed by atoms with van der Waals surface area (Å²) in [5, 5.41) is 0. The highest BCUT2D eigenvalue weighted by atomic mass is 16.3. The van der Waals surface area contributed by atoms with E-state index in [2.05, 4.69) is 25.9 Å². The van der Waals surface area contributed by atoms with Crippen LogP contribution in [0.5, 0.6) is 0 Å². The molecule has 2 aliphatic rings. The summed E-state index contributed by atoms with van der Waals surface area (Å²) in [6.07, 6.45) is 7.43. The van der Waals surface area contributed by atoms with Crippen molar-refractivity contribution in [3.63, 3.8) is 0 Å². The third kappa shape index (κ3) is 3.36. The van der Waals surface area contributed by atoms with Crippen molar-refractivity contribution in [2.75, 3.05) is 18.0 Å². The number of hydrogen-bond donors (Lipinski definition) is 0. The molecule has 1 amide bonds. The summed E-state index contributed by atoms with van der Waals surface area (Å²) in [7, 11) is 0. The molecule has 1 saturated heterocycles. The van der Waals surface area contributed by atoms with Crippen molar-refractivity contribution in [1.82, 2.24) is 19.9 Å². The maximum absolute atomic E-state index is 12.5. The van der Waals surface area contributed by atoms with Crippen molar-refractivity contribution in [3.8, 4) is 0 Å². The van der Waals surface area contributed by atoms with Crippen LogP contribution < -0.4 is 4.90 Å². The number of hydrogen-bond acceptors (Lipinski definition) is 6. The number of piperidine rings is 1. The molecule has 7 heteroatoms. The lowest BCUT2D eigenvalue weighted by atomic mass is 10.0. The van der Waals surface area contributed by atoms with Gasteiger partial charge >= 0.3 is 0 Å². The Morgan fingerprint density at radius 1 is 1.16 bits per heavy atom. The molecule has 132 valence electrons. The molecule has 25 heavy (non-hydrogen) atoms. The SMILES string of the molecule is Cc1cc(N(C2CC2)C2CCN(C(=O)c3coc(C)n3)CC2)ncn1. The third-order valence-corrected chi connectivity index (χ3v) is 4.98. The second kappa shape index (κ2) is 6.46. The van der Waals surface area contributed by atoms with Gasteiger partial charge in [0.05, 0.1) is 0 Å². The van der Waals surface area contributed by atoms with Gasteiger partial charge in [-0.05, 0) is 32.6 Å². The molecule has 0 atom stereocenters. The Labute approximate surface area is 147 Å². The second-order valence-corrected chi connectivity index (χ2v) is 6.93. The maximum atomic E-state index is 12.5. The van der Waals surface area contributed by atoms with E-state index >= 15 is 0 Å². The average molecular weight is 341 g/mol. The molecule has 7 nitrogen and oxygen atoms in total. The molecule has 0 N–H and O–H groups in total. The number of carbonyl (C=O) groups excluding carboxylic acids is 1. The van der Waals surface area contributed by atoms with Gasteiger partial charge in [-0.2, -0.15) is 0 Å². The van der Waals surface area contributed by atoms with Gasteiger partial charge in [0.15, 0.2) is 11.6 Å². The van der Waals surface area contributed by atoms with Crippen LogP contribution in [0.25, 0.3) is 0 Å². The highest BCUT2D eigenvalue weighted by Crippen LogP contribution is 2.35. The monoisotopic (exact) mass is 341 g/mol. The Morgan fingerprint density at radius 3 is 2.48 bits per heavy atom. The molecular weight excluding hydrogens is 318 g/mol. The zero-order valence-corrected chi connectivity index (χ0v) is 14.7. The Kier molecular flexibility index (Phi) is 4.15. The Hall–Kier alpha value is -2.44. The van der Waals surface area contributed by atoms with Crippen LogP contribution in [0.2, 0.25) is 0 Å².